The fraction of sp³-hybridized carbons (Fsp3) is 0.0870. The maximum absolute atomic E-state index is 12.8. The van der Waals surface area contributed by atoms with Gasteiger partial charge in [-0.25, -0.2) is 4.79 Å². The maximum atomic E-state index is 12.8. The first-order valence-electron chi connectivity index (χ1n) is 8.76. The number of urea groups is 1. The molecule has 0 heterocycles. The van der Waals surface area contributed by atoms with Crippen molar-refractivity contribution >= 4 is 28.0 Å². The van der Waals surface area contributed by atoms with Crippen LogP contribution in [0.2, 0.25) is 0 Å². The Hall–Kier alpha value is -2.85. The summed E-state index contributed by atoms with van der Waals surface area (Å²) in [4.78, 5) is 14.6. The number of halogens is 1. The van der Waals surface area contributed by atoms with Gasteiger partial charge in [-0.15, -0.1) is 0 Å². The van der Waals surface area contributed by atoms with Crippen LogP contribution in [0.15, 0.2) is 95.6 Å². The lowest BCUT2D eigenvalue weighted by Gasteiger charge is -2.22. The van der Waals surface area contributed by atoms with E-state index >= 15 is 0 Å². The lowest BCUT2D eigenvalue weighted by Crippen LogP contribution is -2.36. The van der Waals surface area contributed by atoms with Crippen molar-refractivity contribution in [1.29, 1.82) is 0 Å². The minimum Gasteiger partial charge on any atom is -0.316 e. The van der Waals surface area contributed by atoms with Gasteiger partial charge >= 0.3 is 6.03 Å². The summed E-state index contributed by atoms with van der Waals surface area (Å²) in [6.07, 6.45) is 3.57. The second-order valence-corrected chi connectivity index (χ2v) is 7.08. The van der Waals surface area contributed by atoms with Crippen LogP contribution >= 0.6 is 15.9 Å². The van der Waals surface area contributed by atoms with Gasteiger partial charge in [-0.2, -0.15) is 0 Å². The highest BCUT2D eigenvalue weighted by molar-refractivity contribution is 9.10. The monoisotopic (exact) mass is 420 g/mol. The summed E-state index contributed by atoms with van der Waals surface area (Å²) in [6, 6.07) is 27.8. The van der Waals surface area contributed by atoms with E-state index in [0.717, 1.165) is 21.2 Å². The standard InChI is InChI=1S/C23H21BrN2O/c24-22-13-11-19(12-14-22)15-16-25-23(27)26(17-20-7-3-1-4-8-20)18-21-9-5-2-6-10-21/h1-16H,17-18H2,(H,25,27)/b16-15+. The highest BCUT2D eigenvalue weighted by Gasteiger charge is 2.13. The molecule has 0 bridgehead atoms. The van der Waals surface area contributed by atoms with Gasteiger partial charge in [0.1, 0.15) is 0 Å². The van der Waals surface area contributed by atoms with Crippen LogP contribution in [0.3, 0.4) is 0 Å². The lowest BCUT2D eigenvalue weighted by molar-refractivity contribution is 0.196. The van der Waals surface area contributed by atoms with E-state index in [4.69, 9.17) is 0 Å². The molecule has 2 amide bonds. The van der Waals surface area contributed by atoms with Crippen LogP contribution in [0, 0.1) is 0 Å². The topological polar surface area (TPSA) is 32.3 Å². The SMILES string of the molecule is O=C(N/C=C/c1ccc(Br)cc1)N(Cc1ccccc1)Cc1ccccc1. The van der Waals surface area contributed by atoms with Crippen molar-refractivity contribution in [2.45, 2.75) is 13.1 Å². The molecule has 0 saturated carbocycles. The van der Waals surface area contributed by atoms with Crippen LogP contribution in [0.5, 0.6) is 0 Å². The van der Waals surface area contributed by atoms with Crippen molar-refractivity contribution in [2.24, 2.45) is 0 Å². The average Bonchev–Trinajstić information content (AvgIpc) is 2.70. The minimum absolute atomic E-state index is 0.129. The summed E-state index contributed by atoms with van der Waals surface area (Å²) >= 11 is 3.42. The van der Waals surface area contributed by atoms with Gasteiger partial charge in [0.2, 0.25) is 0 Å². The third kappa shape index (κ3) is 6.12. The maximum Gasteiger partial charge on any atom is 0.321 e. The number of rotatable bonds is 6. The van der Waals surface area contributed by atoms with Gasteiger partial charge in [0.05, 0.1) is 0 Å². The van der Waals surface area contributed by atoms with Gasteiger partial charge < -0.3 is 10.2 Å². The van der Waals surface area contributed by atoms with Gasteiger partial charge in [0, 0.05) is 23.8 Å². The number of benzene rings is 3. The molecule has 0 aromatic heterocycles. The summed E-state index contributed by atoms with van der Waals surface area (Å²) in [7, 11) is 0. The Balaban J connectivity index is 1.68. The number of nitrogens with zero attached hydrogens (tertiary/aromatic N) is 1. The molecule has 4 heteroatoms. The zero-order chi connectivity index (χ0) is 18.9. The Morgan fingerprint density at radius 1 is 0.815 bits per heavy atom. The second-order valence-electron chi connectivity index (χ2n) is 6.16. The van der Waals surface area contributed by atoms with Crippen molar-refractivity contribution in [1.82, 2.24) is 10.2 Å². The van der Waals surface area contributed by atoms with Crippen molar-refractivity contribution in [3.05, 3.63) is 112 Å². The van der Waals surface area contributed by atoms with Crippen LogP contribution in [0.25, 0.3) is 6.08 Å². The van der Waals surface area contributed by atoms with E-state index in [2.05, 4.69) is 21.2 Å². The predicted octanol–water partition coefficient (Wildman–Crippen LogP) is 5.83. The van der Waals surface area contributed by atoms with Crippen molar-refractivity contribution in [3.63, 3.8) is 0 Å². The number of nitrogens with one attached hydrogen (secondary N) is 1. The minimum atomic E-state index is -0.129. The number of carbonyl (C=O) groups excluding carboxylic acids is 1. The van der Waals surface area contributed by atoms with E-state index in [0.29, 0.717) is 13.1 Å². The molecular weight excluding hydrogens is 400 g/mol. The smallest absolute Gasteiger partial charge is 0.316 e. The average molecular weight is 421 g/mol. The normalized spacial score (nSPS) is 10.7. The fourth-order valence-electron chi connectivity index (χ4n) is 2.68. The van der Waals surface area contributed by atoms with E-state index in [1.54, 1.807) is 11.1 Å². The number of hydrogen-bond acceptors (Lipinski definition) is 1. The van der Waals surface area contributed by atoms with Crippen LogP contribution < -0.4 is 5.32 Å². The summed E-state index contributed by atoms with van der Waals surface area (Å²) in [5, 5.41) is 2.88. The zero-order valence-corrected chi connectivity index (χ0v) is 16.5. The Bertz CT molecular complexity index is 836. The first-order chi connectivity index (χ1) is 13.2. The van der Waals surface area contributed by atoms with Crippen LogP contribution in [0.4, 0.5) is 4.79 Å². The van der Waals surface area contributed by atoms with Gasteiger partial charge in [-0.1, -0.05) is 88.7 Å². The molecule has 0 atom stereocenters. The van der Waals surface area contributed by atoms with Gasteiger partial charge in [-0.3, -0.25) is 0 Å². The van der Waals surface area contributed by atoms with E-state index in [1.165, 1.54) is 0 Å². The quantitative estimate of drug-likeness (QED) is 0.534. The first kappa shape index (κ1) is 18.9. The Kier molecular flexibility index (Phi) is 6.83. The Morgan fingerprint density at radius 3 is 1.85 bits per heavy atom. The van der Waals surface area contributed by atoms with E-state index < -0.39 is 0 Å². The number of amides is 2. The molecule has 0 saturated heterocycles. The summed E-state index contributed by atoms with van der Waals surface area (Å²) in [5.74, 6) is 0. The third-order valence-electron chi connectivity index (χ3n) is 4.07. The summed E-state index contributed by atoms with van der Waals surface area (Å²) < 4.78 is 1.03. The van der Waals surface area contributed by atoms with E-state index in [-0.39, 0.29) is 6.03 Å². The van der Waals surface area contributed by atoms with Gasteiger partial charge in [0.25, 0.3) is 0 Å². The fourth-order valence-corrected chi connectivity index (χ4v) is 2.95. The van der Waals surface area contributed by atoms with Crippen LogP contribution in [-0.4, -0.2) is 10.9 Å². The molecule has 0 radical (unpaired) electrons. The lowest BCUT2D eigenvalue weighted by atomic mass is 10.2. The summed E-state index contributed by atoms with van der Waals surface area (Å²) in [5.41, 5.74) is 3.22. The molecule has 0 unspecified atom stereocenters. The van der Waals surface area contributed by atoms with Gasteiger partial charge in [0.15, 0.2) is 0 Å². The molecule has 0 aliphatic rings. The van der Waals surface area contributed by atoms with E-state index in [1.807, 2.05) is 91.0 Å². The highest BCUT2D eigenvalue weighted by atomic mass is 79.9. The van der Waals surface area contributed by atoms with E-state index in [9.17, 15) is 4.79 Å². The van der Waals surface area contributed by atoms with Crippen LogP contribution in [0.1, 0.15) is 16.7 Å². The van der Waals surface area contributed by atoms with Crippen molar-refractivity contribution in [2.75, 3.05) is 0 Å². The molecule has 3 aromatic rings. The Labute approximate surface area is 168 Å². The molecule has 0 aliphatic carbocycles. The molecule has 3 aromatic carbocycles. The van der Waals surface area contributed by atoms with Crippen LogP contribution in [-0.2, 0) is 13.1 Å². The first-order valence-corrected chi connectivity index (χ1v) is 9.55. The number of carbonyl (C=O) groups is 1. The summed E-state index contributed by atoms with van der Waals surface area (Å²) in [6.45, 7) is 1.10. The molecular formula is C23H21BrN2O. The molecule has 136 valence electrons. The number of hydrogen-bond donors (Lipinski definition) is 1. The molecule has 3 rings (SSSR count). The largest absolute Gasteiger partial charge is 0.321 e. The molecule has 0 aliphatic heterocycles. The predicted molar refractivity (Wildman–Crippen MR) is 114 cm³/mol. The second kappa shape index (κ2) is 9.74. The molecule has 3 nitrogen and oxygen atoms in total. The third-order valence-corrected chi connectivity index (χ3v) is 4.60. The zero-order valence-electron chi connectivity index (χ0n) is 14.9. The molecule has 1 N–H and O–H groups in total. The Morgan fingerprint density at radius 2 is 1.33 bits per heavy atom. The highest BCUT2D eigenvalue weighted by Crippen LogP contribution is 2.12. The molecule has 27 heavy (non-hydrogen) atoms. The van der Waals surface area contributed by atoms with Crippen molar-refractivity contribution in [3.8, 4) is 0 Å². The van der Waals surface area contributed by atoms with Crippen molar-refractivity contribution < 1.29 is 4.79 Å². The molecule has 0 spiro atoms. The molecule has 0 fully saturated rings. The van der Waals surface area contributed by atoms with Gasteiger partial charge in [-0.05, 0) is 34.9 Å².